The third kappa shape index (κ3) is 2.85. The lowest BCUT2D eigenvalue weighted by Gasteiger charge is -2.39. The lowest BCUT2D eigenvalue weighted by atomic mass is 9.88. The first-order valence-electron chi connectivity index (χ1n) is 10.8. The Morgan fingerprint density at radius 3 is 2.67 bits per heavy atom. The van der Waals surface area contributed by atoms with E-state index in [1.165, 1.54) is 16.8 Å². The van der Waals surface area contributed by atoms with Gasteiger partial charge in [0.2, 0.25) is 0 Å². The van der Waals surface area contributed by atoms with Gasteiger partial charge in [-0.2, -0.15) is 0 Å². The third-order valence-electron chi connectivity index (χ3n) is 6.92. The van der Waals surface area contributed by atoms with Crippen LogP contribution in [-0.4, -0.2) is 43.6 Å². The number of ether oxygens (including phenoxy) is 1. The van der Waals surface area contributed by atoms with Crippen molar-refractivity contribution in [1.82, 2.24) is 4.90 Å². The van der Waals surface area contributed by atoms with Gasteiger partial charge in [-0.25, -0.2) is 0 Å². The zero-order valence-electron chi connectivity index (χ0n) is 17.9. The van der Waals surface area contributed by atoms with Gasteiger partial charge in [0.1, 0.15) is 5.75 Å². The van der Waals surface area contributed by atoms with Crippen LogP contribution in [0.1, 0.15) is 40.7 Å². The highest BCUT2D eigenvalue weighted by Crippen LogP contribution is 2.46. The first-order valence-corrected chi connectivity index (χ1v) is 10.8. The van der Waals surface area contributed by atoms with E-state index >= 15 is 0 Å². The van der Waals surface area contributed by atoms with Crippen LogP contribution in [0.25, 0.3) is 10.8 Å². The molecule has 154 valence electrons. The predicted octanol–water partition coefficient (Wildman–Crippen LogP) is 5.00. The molecule has 0 radical (unpaired) electrons. The van der Waals surface area contributed by atoms with E-state index in [9.17, 15) is 4.79 Å². The van der Waals surface area contributed by atoms with Gasteiger partial charge in [0.15, 0.2) is 0 Å². The SMILES string of the molecule is CCN1c2cc(OC)ccc2C2CN(C(=O)c3ccc(C)c4ccccc34)CCC21. The van der Waals surface area contributed by atoms with Gasteiger partial charge in [-0.1, -0.05) is 36.4 Å². The number of anilines is 1. The summed E-state index contributed by atoms with van der Waals surface area (Å²) in [4.78, 5) is 18.1. The summed E-state index contributed by atoms with van der Waals surface area (Å²) in [5.74, 6) is 1.39. The molecule has 2 unspecified atom stereocenters. The predicted molar refractivity (Wildman–Crippen MR) is 122 cm³/mol. The Morgan fingerprint density at radius 2 is 1.90 bits per heavy atom. The van der Waals surface area contributed by atoms with E-state index in [0.29, 0.717) is 12.0 Å². The van der Waals surface area contributed by atoms with Crippen molar-refractivity contribution in [2.45, 2.75) is 32.2 Å². The summed E-state index contributed by atoms with van der Waals surface area (Å²) in [6, 6.07) is 19.1. The maximum Gasteiger partial charge on any atom is 0.254 e. The van der Waals surface area contributed by atoms with Gasteiger partial charge in [0.25, 0.3) is 5.91 Å². The third-order valence-corrected chi connectivity index (χ3v) is 6.92. The van der Waals surface area contributed by atoms with Gasteiger partial charge in [-0.3, -0.25) is 4.79 Å². The number of hydrogen-bond donors (Lipinski definition) is 0. The number of methoxy groups -OCH3 is 1. The minimum atomic E-state index is 0.148. The number of likely N-dealkylation sites (tertiary alicyclic amines) is 1. The number of likely N-dealkylation sites (N-methyl/N-ethyl adjacent to an activating group) is 1. The quantitative estimate of drug-likeness (QED) is 0.621. The molecular weight excluding hydrogens is 372 g/mol. The number of benzene rings is 3. The largest absolute Gasteiger partial charge is 0.497 e. The summed E-state index contributed by atoms with van der Waals surface area (Å²) >= 11 is 0. The fourth-order valence-corrected chi connectivity index (χ4v) is 5.41. The molecule has 2 aliphatic rings. The van der Waals surface area contributed by atoms with Gasteiger partial charge in [-0.15, -0.1) is 0 Å². The van der Waals surface area contributed by atoms with Crippen LogP contribution in [0.5, 0.6) is 5.75 Å². The van der Waals surface area contributed by atoms with Crippen molar-refractivity contribution in [3.05, 3.63) is 71.3 Å². The number of piperidine rings is 1. The smallest absolute Gasteiger partial charge is 0.254 e. The van der Waals surface area contributed by atoms with Crippen LogP contribution < -0.4 is 9.64 Å². The molecule has 0 aromatic heterocycles. The Labute approximate surface area is 178 Å². The molecule has 2 atom stereocenters. The first kappa shape index (κ1) is 19.0. The van der Waals surface area contributed by atoms with Crippen LogP contribution in [0.2, 0.25) is 0 Å². The van der Waals surface area contributed by atoms with Crippen molar-refractivity contribution >= 4 is 22.4 Å². The lowest BCUT2D eigenvalue weighted by Crippen LogP contribution is -2.48. The molecule has 0 bridgehead atoms. The van der Waals surface area contributed by atoms with E-state index in [0.717, 1.165) is 48.1 Å². The summed E-state index contributed by atoms with van der Waals surface area (Å²) in [5.41, 5.74) is 4.63. The zero-order chi connectivity index (χ0) is 20.8. The summed E-state index contributed by atoms with van der Waals surface area (Å²) < 4.78 is 5.46. The molecule has 0 aliphatic carbocycles. The second-order valence-electron chi connectivity index (χ2n) is 8.40. The molecule has 0 N–H and O–H groups in total. The lowest BCUT2D eigenvalue weighted by molar-refractivity contribution is 0.0699. The number of hydrogen-bond acceptors (Lipinski definition) is 3. The van der Waals surface area contributed by atoms with Crippen molar-refractivity contribution < 1.29 is 9.53 Å². The van der Waals surface area contributed by atoms with Crippen LogP contribution in [0.4, 0.5) is 5.69 Å². The van der Waals surface area contributed by atoms with E-state index in [2.05, 4.69) is 54.0 Å². The average Bonchev–Trinajstić information content (AvgIpc) is 3.11. The molecule has 30 heavy (non-hydrogen) atoms. The van der Waals surface area contributed by atoms with E-state index in [-0.39, 0.29) is 5.91 Å². The normalized spacial score (nSPS) is 20.2. The molecule has 1 saturated heterocycles. The molecule has 2 heterocycles. The standard InChI is InChI=1S/C26H28N2O2/c1-4-28-24-13-14-27(16-23(24)21-12-10-18(30-3)15-25(21)28)26(29)22-11-9-17(2)19-7-5-6-8-20(19)22/h5-12,15,23-24H,4,13-14,16H2,1-3H3. The van der Waals surface area contributed by atoms with Crippen LogP contribution >= 0.6 is 0 Å². The minimum Gasteiger partial charge on any atom is -0.497 e. The Kier molecular flexibility index (Phi) is 4.65. The van der Waals surface area contributed by atoms with Crippen LogP contribution in [0, 0.1) is 6.92 Å². The highest BCUT2D eigenvalue weighted by atomic mass is 16.5. The molecule has 0 saturated carbocycles. The Balaban J connectivity index is 1.48. The number of aryl methyl sites for hydroxylation is 1. The van der Waals surface area contributed by atoms with Gasteiger partial charge < -0.3 is 14.5 Å². The second-order valence-corrected chi connectivity index (χ2v) is 8.40. The number of fused-ring (bicyclic) bond motifs is 4. The Bertz CT molecular complexity index is 1120. The van der Waals surface area contributed by atoms with E-state index < -0.39 is 0 Å². The van der Waals surface area contributed by atoms with Gasteiger partial charge in [0, 0.05) is 48.9 Å². The average molecular weight is 401 g/mol. The molecule has 3 aromatic carbocycles. The fourth-order valence-electron chi connectivity index (χ4n) is 5.41. The van der Waals surface area contributed by atoms with Crippen molar-refractivity contribution in [3.8, 4) is 5.75 Å². The monoisotopic (exact) mass is 400 g/mol. The molecule has 4 heteroatoms. The fraction of sp³-hybridized carbons (Fsp3) is 0.346. The van der Waals surface area contributed by atoms with Gasteiger partial charge in [0.05, 0.1) is 7.11 Å². The van der Waals surface area contributed by atoms with Gasteiger partial charge >= 0.3 is 0 Å². The van der Waals surface area contributed by atoms with Crippen LogP contribution in [0.15, 0.2) is 54.6 Å². The Morgan fingerprint density at radius 1 is 1.10 bits per heavy atom. The van der Waals surface area contributed by atoms with Crippen LogP contribution in [-0.2, 0) is 0 Å². The van der Waals surface area contributed by atoms with E-state index in [4.69, 9.17) is 4.74 Å². The zero-order valence-corrected chi connectivity index (χ0v) is 17.9. The molecule has 1 amide bonds. The Hall–Kier alpha value is -3.01. The van der Waals surface area contributed by atoms with Crippen molar-refractivity contribution in [3.63, 3.8) is 0 Å². The number of rotatable bonds is 3. The molecule has 4 nitrogen and oxygen atoms in total. The summed E-state index contributed by atoms with van der Waals surface area (Å²) in [5, 5.41) is 2.21. The molecule has 5 rings (SSSR count). The maximum absolute atomic E-state index is 13.6. The molecule has 3 aromatic rings. The number of carbonyl (C=O) groups is 1. The summed E-state index contributed by atoms with van der Waals surface area (Å²) in [7, 11) is 1.71. The summed E-state index contributed by atoms with van der Waals surface area (Å²) in [6.45, 7) is 6.84. The summed E-state index contributed by atoms with van der Waals surface area (Å²) in [6.07, 6.45) is 0.991. The minimum absolute atomic E-state index is 0.148. The van der Waals surface area contributed by atoms with Crippen LogP contribution in [0.3, 0.4) is 0 Å². The highest BCUT2D eigenvalue weighted by molar-refractivity contribution is 6.07. The van der Waals surface area contributed by atoms with Crippen molar-refractivity contribution in [2.24, 2.45) is 0 Å². The second kappa shape index (κ2) is 7.35. The maximum atomic E-state index is 13.6. The molecule has 0 spiro atoms. The highest BCUT2D eigenvalue weighted by Gasteiger charge is 2.42. The molecular formula is C26H28N2O2. The van der Waals surface area contributed by atoms with E-state index in [1.807, 2.05) is 24.3 Å². The van der Waals surface area contributed by atoms with Gasteiger partial charge in [-0.05, 0) is 54.3 Å². The van der Waals surface area contributed by atoms with Crippen molar-refractivity contribution in [1.29, 1.82) is 0 Å². The number of nitrogens with zero attached hydrogens (tertiary/aromatic N) is 2. The topological polar surface area (TPSA) is 32.8 Å². The number of carbonyl (C=O) groups excluding carboxylic acids is 1. The molecule has 2 aliphatic heterocycles. The van der Waals surface area contributed by atoms with E-state index in [1.54, 1.807) is 7.11 Å². The molecule has 1 fully saturated rings. The first-order chi connectivity index (χ1) is 14.6. The van der Waals surface area contributed by atoms with Crippen molar-refractivity contribution in [2.75, 3.05) is 31.6 Å². The number of amides is 1.